The van der Waals surface area contributed by atoms with Crippen LogP contribution in [0.5, 0.6) is 0 Å². The van der Waals surface area contributed by atoms with Gasteiger partial charge in [0.1, 0.15) is 13.2 Å². The number of rotatable bonds is 8. The Morgan fingerprint density at radius 2 is 1.17 bits per heavy atom. The van der Waals surface area contributed by atoms with E-state index in [2.05, 4.69) is 20.1 Å². The van der Waals surface area contributed by atoms with Crippen molar-refractivity contribution < 1.29 is 13.6 Å². The molecule has 0 unspecified atom stereocenters. The summed E-state index contributed by atoms with van der Waals surface area (Å²) in [7, 11) is -2.27. The van der Waals surface area contributed by atoms with Crippen LogP contribution in [0.1, 0.15) is 11.1 Å². The fourth-order valence-electron chi connectivity index (χ4n) is 1.71. The third-order valence-electron chi connectivity index (χ3n) is 2.87. The number of hydrogen-bond acceptors (Lipinski definition) is 5. The first-order chi connectivity index (χ1) is 11.7. The van der Waals surface area contributed by atoms with E-state index in [1.807, 2.05) is 0 Å². The van der Waals surface area contributed by atoms with Crippen LogP contribution in [0, 0.1) is 0 Å². The summed E-state index contributed by atoms with van der Waals surface area (Å²) in [5.74, 6) is 0. The highest BCUT2D eigenvalue weighted by atomic mass is 31.1. The highest BCUT2D eigenvalue weighted by Crippen LogP contribution is 2.28. The second-order valence-electron chi connectivity index (χ2n) is 4.48. The molecule has 0 aromatic heterocycles. The van der Waals surface area contributed by atoms with Gasteiger partial charge >= 0.3 is 8.25 Å². The molecule has 0 fully saturated rings. The summed E-state index contributed by atoms with van der Waals surface area (Å²) >= 11 is 0. The highest BCUT2D eigenvalue weighted by Gasteiger charge is 2.20. The normalized spacial score (nSPS) is 10.4. The van der Waals surface area contributed by atoms with Crippen LogP contribution in [0.15, 0.2) is 58.8 Å². The first-order valence-electron chi connectivity index (χ1n) is 6.72. The molecule has 24 heavy (non-hydrogen) atoms. The lowest BCUT2D eigenvalue weighted by atomic mass is 10.2. The van der Waals surface area contributed by atoms with Gasteiger partial charge in [0.15, 0.2) is 0 Å². The second-order valence-corrected chi connectivity index (χ2v) is 5.45. The molecule has 0 heterocycles. The van der Waals surface area contributed by atoms with Crippen molar-refractivity contribution in [1.82, 2.24) is 0 Å². The molecule has 0 saturated carbocycles. The minimum atomic E-state index is -2.27. The Labute approximate surface area is 138 Å². The molecule has 9 nitrogen and oxygen atoms in total. The molecule has 0 saturated heterocycles. The van der Waals surface area contributed by atoms with Gasteiger partial charge in [0.05, 0.1) is 0 Å². The molecule has 0 aliphatic rings. The maximum absolute atomic E-state index is 11.7. The topological polar surface area (TPSA) is 133 Å². The summed E-state index contributed by atoms with van der Waals surface area (Å²) in [6, 6.07) is 13.4. The van der Waals surface area contributed by atoms with Crippen LogP contribution in [0.25, 0.3) is 20.9 Å². The van der Waals surface area contributed by atoms with Crippen LogP contribution in [0.4, 0.5) is 11.4 Å². The molecule has 0 amide bonds. The van der Waals surface area contributed by atoms with E-state index >= 15 is 0 Å². The predicted molar refractivity (Wildman–Crippen MR) is 87.7 cm³/mol. The fraction of sp³-hybridized carbons (Fsp3) is 0.143. The molecule has 2 rings (SSSR count). The third-order valence-corrected chi connectivity index (χ3v) is 3.55. The maximum Gasteiger partial charge on any atom is 0.698 e. The first-order valence-corrected chi connectivity index (χ1v) is 7.82. The van der Waals surface area contributed by atoms with Crippen molar-refractivity contribution in [2.24, 2.45) is 10.2 Å². The Bertz CT molecular complexity index is 729. The zero-order valence-corrected chi connectivity index (χ0v) is 13.3. The van der Waals surface area contributed by atoms with Gasteiger partial charge in [-0.3, -0.25) is 0 Å². The largest absolute Gasteiger partial charge is 0.698 e. The van der Waals surface area contributed by atoms with E-state index in [1.54, 1.807) is 48.5 Å². The minimum Gasteiger partial charge on any atom is -0.114 e. The zero-order valence-electron chi connectivity index (χ0n) is 12.4. The molecule has 2 aromatic rings. The van der Waals surface area contributed by atoms with Gasteiger partial charge in [0, 0.05) is 25.8 Å². The van der Waals surface area contributed by atoms with Crippen LogP contribution in [0.3, 0.4) is 0 Å². The Morgan fingerprint density at radius 3 is 1.50 bits per heavy atom. The quantitative estimate of drug-likeness (QED) is 0.253. The van der Waals surface area contributed by atoms with Gasteiger partial charge in [-0.25, -0.2) is 0 Å². The molecule has 0 N–H and O–H groups in total. The van der Waals surface area contributed by atoms with E-state index in [4.69, 9.17) is 20.1 Å². The lowest BCUT2D eigenvalue weighted by Gasteiger charge is -1.97. The maximum atomic E-state index is 11.7. The summed E-state index contributed by atoms with van der Waals surface area (Å²) in [4.78, 5) is 5.36. The molecule has 120 valence electrons. The molecule has 0 atom stereocenters. The summed E-state index contributed by atoms with van der Waals surface area (Å²) in [6.45, 7) is 0.225. The molecule has 0 aliphatic carbocycles. The molecule has 0 radical (unpaired) electrons. The van der Waals surface area contributed by atoms with Gasteiger partial charge in [-0.15, -0.1) is 9.05 Å². The van der Waals surface area contributed by atoms with Gasteiger partial charge in [-0.1, -0.05) is 58.8 Å². The lowest BCUT2D eigenvalue weighted by molar-refractivity contribution is 0.213. The average molecular weight is 343 g/mol. The molecular formula is C14H12N6O3P+. The molecule has 10 heteroatoms. The Morgan fingerprint density at radius 1 is 0.792 bits per heavy atom. The monoisotopic (exact) mass is 343 g/mol. The SMILES string of the molecule is [N-]=[N+]=Nc1ccc(CO[P+](=O)OCc2ccc(N=[N+]=[N-])cc2)cc1. The smallest absolute Gasteiger partial charge is 0.114 e. The van der Waals surface area contributed by atoms with E-state index in [0.29, 0.717) is 11.4 Å². The fourth-order valence-corrected chi connectivity index (χ4v) is 2.30. The first kappa shape index (κ1) is 17.4. The number of azide groups is 2. The Kier molecular flexibility index (Phi) is 6.73. The van der Waals surface area contributed by atoms with Crippen molar-refractivity contribution in [2.45, 2.75) is 13.2 Å². The molecule has 0 bridgehead atoms. The van der Waals surface area contributed by atoms with Gasteiger partial charge < -0.3 is 0 Å². The highest BCUT2D eigenvalue weighted by molar-refractivity contribution is 7.33. The van der Waals surface area contributed by atoms with Gasteiger partial charge in [0.25, 0.3) is 0 Å². The summed E-state index contributed by atoms with van der Waals surface area (Å²) < 4.78 is 22.0. The van der Waals surface area contributed by atoms with Crippen LogP contribution >= 0.6 is 8.25 Å². The van der Waals surface area contributed by atoms with Crippen LogP contribution in [-0.4, -0.2) is 0 Å². The van der Waals surface area contributed by atoms with Gasteiger partial charge in [-0.2, -0.15) is 0 Å². The minimum absolute atomic E-state index is 0.113. The number of hydrogen-bond donors (Lipinski definition) is 0. The van der Waals surface area contributed by atoms with Gasteiger partial charge in [-0.05, 0) is 22.2 Å². The van der Waals surface area contributed by atoms with Crippen molar-refractivity contribution in [1.29, 1.82) is 0 Å². The van der Waals surface area contributed by atoms with Crippen molar-refractivity contribution in [2.75, 3.05) is 0 Å². The van der Waals surface area contributed by atoms with Crippen LogP contribution in [-0.2, 0) is 26.8 Å². The summed E-state index contributed by atoms with van der Waals surface area (Å²) in [5, 5.41) is 6.91. The van der Waals surface area contributed by atoms with Gasteiger partial charge in [0.2, 0.25) is 0 Å². The van der Waals surface area contributed by atoms with E-state index in [-0.39, 0.29) is 13.2 Å². The molecule has 0 aliphatic heterocycles. The second kappa shape index (κ2) is 9.27. The van der Waals surface area contributed by atoms with E-state index < -0.39 is 8.25 Å². The molecule has 2 aromatic carbocycles. The molecule has 0 spiro atoms. The number of nitrogens with zero attached hydrogens (tertiary/aromatic N) is 6. The van der Waals surface area contributed by atoms with Crippen LogP contribution < -0.4 is 0 Å². The molecular weight excluding hydrogens is 331 g/mol. The van der Waals surface area contributed by atoms with Crippen molar-refractivity contribution >= 4 is 19.6 Å². The van der Waals surface area contributed by atoms with E-state index in [9.17, 15) is 4.57 Å². The summed E-state index contributed by atoms with van der Waals surface area (Å²) in [5.41, 5.74) is 19.2. The average Bonchev–Trinajstić information content (AvgIpc) is 2.61. The van der Waals surface area contributed by atoms with Crippen molar-refractivity contribution in [3.63, 3.8) is 0 Å². The Hall–Kier alpha value is -2.92. The summed E-state index contributed by atoms with van der Waals surface area (Å²) in [6.07, 6.45) is 0. The van der Waals surface area contributed by atoms with E-state index in [0.717, 1.165) is 11.1 Å². The number of benzene rings is 2. The van der Waals surface area contributed by atoms with Crippen molar-refractivity contribution in [3.8, 4) is 0 Å². The zero-order chi connectivity index (χ0) is 17.2. The van der Waals surface area contributed by atoms with Crippen molar-refractivity contribution in [3.05, 3.63) is 80.5 Å². The third kappa shape index (κ3) is 5.70. The van der Waals surface area contributed by atoms with Crippen LogP contribution in [0.2, 0.25) is 0 Å². The standard InChI is InChI=1S/C14H12N6O3P/c15-19-17-13-5-1-11(2-6-13)9-22-24(21)23-10-12-3-7-14(8-4-12)18-20-16/h1-8H,9-10H2/q+1. The Balaban J connectivity index is 1.78. The predicted octanol–water partition coefficient (Wildman–Crippen LogP) is 5.96. The lowest BCUT2D eigenvalue weighted by Crippen LogP contribution is -1.89. The van der Waals surface area contributed by atoms with E-state index in [1.165, 1.54) is 0 Å².